The van der Waals surface area contributed by atoms with Crippen molar-refractivity contribution in [3.8, 4) is 5.75 Å². The molecule has 3 aromatic carbocycles. The predicted molar refractivity (Wildman–Crippen MR) is 131 cm³/mol. The molecular formula is C28H26F3NOS. The quantitative estimate of drug-likeness (QED) is 0.385. The minimum Gasteiger partial charge on any atom is -0.406 e. The van der Waals surface area contributed by atoms with Crippen molar-refractivity contribution in [3.05, 3.63) is 101 Å². The van der Waals surface area contributed by atoms with E-state index in [9.17, 15) is 13.2 Å². The Morgan fingerprint density at radius 3 is 2.03 bits per heavy atom. The Labute approximate surface area is 202 Å². The molecule has 1 atom stereocenters. The van der Waals surface area contributed by atoms with E-state index in [2.05, 4.69) is 58.0 Å². The van der Waals surface area contributed by atoms with Gasteiger partial charge >= 0.3 is 6.36 Å². The maximum atomic E-state index is 12.4. The molecule has 2 aliphatic rings. The van der Waals surface area contributed by atoms with E-state index in [0.29, 0.717) is 6.04 Å². The highest BCUT2D eigenvalue weighted by Gasteiger charge is 2.31. The number of ether oxygens (including phenoxy) is 1. The van der Waals surface area contributed by atoms with Crippen LogP contribution in [0.3, 0.4) is 0 Å². The molecule has 0 aliphatic heterocycles. The largest absolute Gasteiger partial charge is 0.573 e. The summed E-state index contributed by atoms with van der Waals surface area (Å²) in [7, 11) is 0. The summed E-state index contributed by atoms with van der Waals surface area (Å²) in [5.41, 5.74) is 8.42. The molecule has 1 fully saturated rings. The Balaban J connectivity index is 1.36. The molecule has 3 aromatic rings. The van der Waals surface area contributed by atoms with Crippen LogP contribution in [0.1, 0.15) is 47.9 Å². The van der Waals surface area contributed by atoms with Gasteiger partial charge in [0.2, 0.25) is 0 Å². The lowest BCUT2D eigenvalue weighted by Gasteiger charge is -2.28. The molecule has 0 amide bonds. The van der Waals surface area contributed by atoms with Crippen LogP contribution in [-0.2, 0) is 12.8 Å². The van der Waals surface area contributed by atoms with Crippen molar-refractivity contribution in [1.82, 2.24) is 4.72 Å². The van der Waals surface area contributed by atoms with E-state index in [1.165, 1.54) is 57.5 Å². The van der Waals surface area contributed by atoms with Crippen LogP contribution in [0.4, 0.5) is 13.2 Å². The number of alkyl halides is 3. The van der Waals surface area contributed by atoms with E-state index < -0.39 is 6.36 Å². The first-order valence-electron chi connectivity index (χ1n) is 11.6. The molecule has 0 saturated heterocycles. The molecule has 1 saturated carbocycles. The second kappa shape index (κ2) is 9.88. The first-order chi connectivity index (χ1) is 16.5. The van der Waals surface area contributed by atoms with Crippen molar-refractivity contribution >= 4 is 17.5 Å². The minimum absolute atomic E-state index is 0.202. The molecule has 1 N–H and O–H groups in total. The number of aryl methyl sites for hydroxylation is 2. The zero-order valence-corrected chi connectivity index (χ0v) is 19.5. The van der Waals surface area contributed by atoms with Crippen LogP contribution in [0.15, 0.2) is 83.3 Å². The minimum atomic E-state index is -4.67. The topological polar surface area (TPSA) is 21.3 Å². The van der Waals surface area contributed by atoms with E-state index >= 15 is 0 Å². The fourth-order valence-electron chi connectivity index (χ4n) is 5.01. The van der Waals surface area contributed by atoms with Crippen LogP contribution in [0.2, 0.25) is 0 Å². The lowest BCUT2D eigenvalue weighted by Crippen LogP contribution is -2.27. The van der Waals surface area contributed by atoms with Crippen LogP contribution < -0.4 is 9.46 Å². The third-order valence-corrected chi connectivity index (χ3v) is 7.47. The molecule has 5 rings (SSSR count). The van der Waals surface area contributed by atoms with E-state index in [1.807, 2.05) is 0 Å². The molecule has 0 heterocycles. The number of halogens is 3. The van der Waals surface area contributed by atoms with Gasteiger partial charge in [-0.3, -0.25) is 4.72 Å². The maximum Gasteiger partial charge on any atom is 0.573 e. The molecular weight excluding hydrogens is 455 g/mol. The molecule has 0 bridgehead atoms. The van der Waals surface area contributed by atoms with E-state index in [0.717, 1.165) is 43.4 Å². The second-order valence-electron chi connectivity index (χ2n) is 8.83. The summed E-state index contributed by atoms with van der Waals surface area (Å²) in [5.74, 6) is -0.202. The highest BCUT2D eigenvalue weighted by molar-refractivity contribution is 7.97. The number of rotatable bonds is 4. The van der Waals surface area contributed by atoms with Gasteiger partial charge in [-0.25, -0.2) is 0 Å². The lowest BCUT2D eigenvalue weighted by atomic mass is 9.82. The average Bonchev–Trinajstić information content (AvgIpc) is 3.00. The highest BCUT2D eigenvalue weighted by atomic mass is 32.2. The van der Waals surface area contributed by atoms with E-state index in [-0.39, 0.29) is 5.75 Å². The van der Waals surface area contributed by atoms with E-state index in [1.54, 1.807) is 12.1 Å². The summed E-state index contributed by atoms with van der Waals surface area (Å²) >= 11 is 1.47. The Bertz CT molecular complexity index is 1140. The summed E-state index contributed by atoms with van der Waals surface area (Å²) in [6, 6.07) is 23.9. The normalized spacial score (nSPS) is 18.1. The smallest absolute Gasteiger partial charge is 0.406 e. The van der Waals surface area contributed by atoms with Gasteiger partial charge in [0, 0.05) is 10.9 Å². The second-order valence-corrected chi connectivity index (χ2v) is 9.74. The van der Waals surface area contributed by atoms with Gasteiger partial charge < -0.3 is 4.74 Å². The third-order valence-electron chi connectivity index (χ3n) is 6.52. The van der Waals surface area contributed by atoms with Gasteiger partial charge in [0.15, 0.2) is 0 Å². The Morgan fingerprint density at radius 1 is 0.794 bits per heavy atom. The summed E-state index contributed by atoms with van der Waals surface area (Å²) in [5, 5.41) is 0. The van der Waals surface area contributed by atoms with Crippen LogP contribution in [-0.4, -0.2) is 12.4 Å². The van der Waals surface area contributed by atoms with Gasteiger partial charge in [0.05, 0.1) is 0 Å². The average molecular weight is 482 g/mol. The molecule has 34 heavy (non-hydrogen) atoms. The number of benzene rings is 3. The molecule has 0 aromatic heterocycles. The molecule has 0 spiro atoms. The monoisotopic (exact) mass is 481 g/mol. The highest BCUT2D eigenvalue weighted by Crippen LogP contribution is 2.40. The van der Waals surface area contributed by atoms with Crippen LogP contribution in [0, 0.1) is 0 Å². The maximum absolute atomic E-state index is 12.4. The SMILES string of the molecule is FC(F)(F)Oc1ccc(SNC2CCCC(=C3c4ccccc4CCc4ccccc43)C2)cc1. The lowest BCUT2D eigenvalue weighted by molar-refractivity contribution is -0.274. The summed E-state index contributed by atoms with van der Waals surface area (Å²) in [6.45, 7) is 0. The molecule has 0 radical (unpaired) electrons. The first kappa shape index (κ1) is 23.1. The van der Waals surface area contributed by atoms with Gasteiger partial charge in [0.25, 0.3) is 0 Å². The van der Waals surface area contributed by atoms with Crippen LogP contribution >= 0.6 is 11.9 Å². The number of hydrogen-bond acceptors (Lipinski definition) is 3. The van der Waals surface area contributed by atoms with Crippen molar-refractivity contribution in [1.29, 1.82) is 0 Å². The number of hydrogen-bond donors (Lipinski definition) is 1. The van der Waals surface area contributed by atoms with Crippen LogP contribution in [0.25, 0.3) is 5.57 Å². The van der Waals surface area contributed by atoms with E-state index in [4.69, 9.17) is 0 Å². The van der Waals surface area contributed by atoms with Gasteiger partial charge in [-0.15, -0.1) is 13.2 Å². The fourth-order valence-corrected chi connectivity index (χ4v) is 5.79. The zero-order valence-electron chi connectivity index (χ0n) is 18.7. The van der Waals surface area contributed by atoms with Gasteiger partial charge in [-0.05, 0) is 103 Å². The Kier molecular flexibility index (Phi) is 6.70. The van der Waals surface area contributed by atoms with Crippen LogP contribution in [0.5, 0.6) is 5.75 Å². The molecule has 2 aliphatic carbocycles. The number of fused-ring (bicyclic) bond motifs is 2. The van der Waals surface area contributed by atoms with Crippen molar-refractivity contribution in [3.63, 3.8) is 0 Å². The van der Waals surface area contributed by atoms with Gasteiger partial charge in [-0.2, -0.15) is 0 Å². The zero-order chi connectivity index (χ0) is 23.5. The van der Waals surface area contributed by atoms with Crippen molar-refractivity contribution in [2.45, 2.75) is 55.8 Å². The fraction of sp³-hybridized carbons (Fsp3) is 0.286. The van der Waals surface area contributed by atoms with Crippen molar-refractivity contribution < 1.29 is 17.9 Å². The van der Waals surface area contributed by atoms with Gasteiger partial charge in [0.1, 0.15) is 5.75 Å². The predicted octanol–water partition coefficient (Wildman–Crippen LogP) is 7.73. The summed E-state index contributed by atoms with van der Waals surface area (Å²) < 4.78 is 44.7. The molecule has 176 valence electrons. The summed E-state index contributed by atoms with van der Waals surface area (Å²) in [6.07, 6.45) is 1.66. The standard InChI is InChI=1S/C28H26F3NOS/c29-28(30,31)33-23-14-16-24(17-15-23)34-32-22-9-5-8-21(18-22)27-25-10-3-1-6-19(25)12-13-20-7-2-4-11-26(20)27/h1-4,6-7,10-11,14-17,22,32H,5,8-9,12-13,18H2. The summed E-state index contributed by atoms with van der Waals surface area (Å²) in [4.78, 5) is 0.861. The van der Waals surface area contributed by atoms with Gasteiger partial charge in [-0.1, -0.05) is 54.1 Å². The first-order valence-corrected chi connectivity index (χ1v) is 12.4. The van der Waals surface area contributed by atoms with Crippen molar-refractivity contribution in [2.75, 3.05) is 0 Å². The Hall–Kier alpha value is -2.70. The third kappa shape index (κ3) is 5.34. The molecule has 2 nitrogen and oxygen atoms in total. The van der Waals surface area contributed by atoms with Crippen molar-refractivity contribution in [2.24, 2.45) is 0 Å². The Morgan fingerprint density at radius 2 is 1.41 bits per heavy atom. The molecule has 1 unspecified atom stereocenters. The molecule has 6 heteroatoms. The number of nitrogens with one attached hydrogen (secondary N) is 1.